The van der Waals surface area contributed by atoms with Crippen molar-refractivity contribution in [3.8, 4) is 0 Å². The highest BCUT2D eigenvalue weighted by Crippen LogP contribution is 2.02. The zero-order chi connectivity index (χ0) is 14.3. The lowest BCUT2D eigenvalue weighted by Gasteiger charge is -1.96. The van der Waals surface area contributed by atoms with E-state index in [0.29, 0.717) is 11.1 Å². The predicted molar refractivity (Wildman–Crippen MR) is 74.3 cm³/mol. The molecule has 2 aromatic carbocycles. The zero-order valence-corrected chi connectivity index (χ0v) is 10.2. The van der Waals surface area contributed by atoms with Gasteiger partial charge in [-0.2, -0.15) is 0 Å². The van der Waals surface area contributed by atoms with Crippen molar-refractivity contribution in [3.05, 3.63) is 65.7 Å². The molecule has 0 heterocycles. The lowest BCUT2D eigenvalue weighted by molar-refractivity contribution is 0.0988. The van der Waals surface area contributed by atoms with E-state index in [4.69, 9.17) is 17.2 Å². The second-order valence-corrected chi connectivity index (χ2v) is 3.72. The normalized spacial score (nSPS) is 9.05. The Morgan fingerprint density at radius 1 is 0.684 bits per heavy atom. The van der Waals surface area contributed by atoms with Crippen LogP contribution in [0.15, 0.2) is 54.6 Å². The van der Waals surface area contributed by atoms with Gasteiger partial charge in [0.1, 0.15) is 0 Å². The largest absolute Gasteiger partial charge is 0.399 e. The number of nitrogens with two attached hydrogens (primary N) is 3. The molecular weight excluding hydrogens is 242 g/mol. The molecule has 0 aliphatic carbocycles. The van der Waals surface area contributed by atoms with Crippen molar-refractivity contribution in [3.63, 3.8) is 0 Å². The molecule has 2 aromatic rings. The Labute approximate surface area is 111 Å². The van der Waals surface area contributed by atoms with Crippen molar-refractivity contribution in [1.29, 1.82) is 0 Å². The molecule has 5 nitrogen and oxygen atoms in total. The first-order valence-corrected chi connectivity index (χ1v) is 5.51. The van der Waals surface area contributed by atoms with Gasteiger partial charge in [0.15, 0.2) is 0 Å². The van der Waals surface area contributed by atoms with Gasteiger partial charge >= 0.3 is 0 Å². The molecule has 0 radical (unpaired) electrons. The zero-order valence-electron chi connectivity index (χ0n) is 10.2. The van der Waals surface area contributed by atoms with Gasteiger partial charge in [0, 0.05) is 16.8 Å². The number of anilines is 1. The minimum absolute atomic E-state index is 0.361. The van der Waals surface area contributed by atoms with Crippen molar-refractivity contribution in [2.45, 2.75) is 0 Å². The molecule has 0 saturated carbocycles. The van der Waals surface area contributed by atoms with Crippen LogP contribution >= 0.6 is 0 Å². The molecule has 0 bridgehead atoms. The van der Waals surface area contributed by atoms with E-state index in [1.54, 1.807) is 0 Å². The van der Waals surface area contributed by atoms with Crippen LogP contribution in [0.5, 0.6) is 0 Å². The molecule has 0 aliphatic heterocycles. The Morgan fingerprint density at radius 2 is 1.05 bits per heavy atom. The second kappa shape index (κ2) is 6.80. The Kier molecular flexibility index (Phi) is 5.10. The summed E-state index contributed by atoms with van der Waals surface area (Å²) in [6.07, 6.45) is 0. The Bertz CT molecular complexity index is 518. The maximum Gasteiger partial charge on any atom is 0.248 e. The third kappa shape index (κ3) is 4.91. The Hall–Kier alpha value is -2.82. The number of carbonyl (C=O) groups is 2. The fourth-order valence-corrected chi connectivity index (χ4v) is 1.25. The molecule has 19 heavy (non-hydrogen) atoms. The van der Waals surface area contributed by atoms with E-state index in [0.717, 1.165) is 5.69 Å². The van der Waals surface area contributed by atoms with Crippen molar-refractivity contribution >= 4 is 17.5 Å². The smallest absolute Gasteiger partial charge is 0.248 e. The summed E-state index contributed by atoms with van der Waals surface area (Å²) in [6.45, 7) is 0. The molecule has 0 aliphatic rings. The van der Waals surface area contributed by atoms with Crippen LogP contribution in [0, 0.1) is 0 Å². The van der Waals surface area contributed by atoms with E-state index in [1.807, 2.05) is 30.3 Å². The van der Waals surface area contributed by atoms with Crippen LogP contribution in [0.2, 0.25) is 0 Å². The molecule has 0 atom stereocenters. The van der Waals surface area contributed by atoms with Gasteiger partial charge in [-0.05, 0) is 36.4 Å². The van der Waals surface area contributed by atoms with Crippen LogP contribution in [0.25, 0.3) is 0 Å². The van der Waals surface area contributed by atoms with Gasteiger partial charge in [-0.1, -0.05) is 18.2 Å². The quantitative estimate of drug-likeness (QED) is 0.701. The van der Waals surface area contributed by atoms with E-state index in [9.17, 15) is 9.59 Å². The summed E-state index contributed by atoms with van der Waals surface area (Å²) in [5, 5.41) is 0. The summed E-state index contributed by atoms with van der Waals surface area (Å²) in [5.74, 6) is -1.04. The van der Waals surface area contributed by atoms with E-state index in [-0.39, 0.29) is 0 Å². The number of benzene rings is 2. The molecule has 2 amide bonds. The third-order valence-electron chi connectivity index (χ3n) is 2.25. The first kappa shape index (κ1) is 14.2. The molecule has 0 saturated heterocycles. The summed E-state index contributed by atoms with van der Waals surface area (Å²) in [7, 11) is 0. The number of rotatable bonds is 2. The molecule has 0 spiro atoms. The van der Waals surface area contributed by atoms with Crippen LogP contribution in [0.1, 0.15) is 20.7 Å². The number of hydrogen-bond acceptors (Lipinski definition) is 3. The second-order valence-electron chi connectivity index (χ2n) is 3.72. The third-order valence-corrected chi connectivity index (χ3v) is 2.25. The molecular formula is C14H15N3O2. The fourth-order valence-electron chi connectivity index (χ4n) is 1.25. The summed E-state index contributed by atoms with van der Waals surface area (Å²) in [6, 6.07) is 15.3. The highest BCUT2D eigenvalue weighted by molar-refractivity contribution is 5.96. The van der Waals surface area contributed by atoms with E-state index < -0.39 is 11.8 Å². The highest BCUT2D eigenvalue weighted by Gasteiger charge is 2.02. The molecule has 0 unspecified atom stereocenters. The summed E-state index contributed by atoms with van der Waals surface area (Å²) >= 11 is 0. The average Bonchev–Trinajstić information content (AvgIpc) is 2.40. The number of hydrogen-bond donors (Lipinski definition) is 3. The molecule has 98 valence electrons. The topological polar surface area (TPSA) is 112 Å². The van der Waals surface area contributed by atoms with Crippen LogP contribution in [0.4, 0.5) is 5.69 Å². The van der Waals surface area contributed by atoms with E-state index >= 15 is 0 Å². The highest BCUT2D eigenvalue weighted by atomic mass is 16.1. The van der Waals surface area contributed by atoms with Gasteiger partial charge in [-0.25, -0.2) is 0 Å². The van der Waals surface area contributed by atoms with E-state index in [2.05, 4.69) is 0 Å². The minimum atomic E-state index is -0.522. The van der Waals surface area contributed by atoms with Crippen molar-refractivity contribution in [2.24, 2.45) is 11.5 Å². The van der Waals surface area contributed by atoms with Crippen molar-refractivity contribution < 1.29 is 9.59 Å². The van der Waals surface area contributed by atoms with Crippen molar-refractivity contribution in [2.75, 3.05) is 5.73 Å². The maximum absolute atomic E-state index is 10.6. The van der Waals surface area contributed by atoms with Gasteiger partial charge in [0.05, 0.1) is 0 Å². The standard InChI is InChI=1S/C8H8N2O2.C6H7N/c9-7(11)5-1-2-6(4-3-5)8(10)12;7-6-4-2-1-3-5-6/h1-4H,(H2,9,11)(H2,10,12);1-5H,7H2. The summed E-state index contributed by atoms with van der Waals surface area (Å²) in [5.41, 5.74) is 16.9. The molecule has 5 heteroatoms. The van der Waals surface area contributed by atoms with Gasteiger partial charge in [-0.15, -0.1) is 0 Å². The predicted octanol–water partition coefficient (Wildman–Crippen LogP) is 1.15. The fraction of sp³-hybridized carbons (Fsp3) is 0. The summed E-state index contributed by atoms with van der Waals surface area (Å²) < 4.78 is 0. The number of primary amides is 2. The van der Waals surface area contributed by atoms with E-state index in [1.165, 1.54) is 24.3 Å². The maximum atomic E-state index is 10.6. The summed E-state index contributed by atoms with van der Waals surface area (Å²) in [4.78, 5) is 21.2. The molecule has 6 N–H and O–H groups in total. The number of para-hydroxylation sites is 1. The first-order chi connectivity index (χ1) is 9.00. The number of carbonyl (C=O) groups excluding carboxylic acids is 2. The van der Waals surface area contributed by atoms with Crippen LogP contribution in [-0.4, -0.2) is 11.8 Å². The number of nitrogen functional groups attached to an aromatic ring is 1. The lowest BCUT2D eigenvalue weighted by atomic mass is 10.1. The number of amides is 2. The van der Waals surface area contributed by atoms with Gasteiger partial charge in [0.25, 0.3) is 0 Å². The SMILES string of the molecule is NC(=O)c1ccc(C(N)=O)cc1.Nc1ccccc1. The average molecular weight is 257 g/mol. The van der Waals surface area contributed by atoms with Crippen LogP contribution < -0.4 is 17.2 Å². The Morgan fingerprint density at radius 3 is 1.26 bits per heavy atom. The van der Waals surface area contributed by atoms with Crippen LogP contribution in [-0.2, 0) is 0 Å². The first-order valence-electron chi connectivity index (χ1n) is 5.51. The molecule has 2 rings (SSSR count). The monoisotopic (exact) mass is 257 g/mol. The van der Waals surface area contributed by atoms with Crippen molar-refractivity contribution in [1.82, 2.24) is 0 Å². The lowest BCUT2D eigenvalue weighted by Crippen LogP contribution is -2.13. The minimum Gasteiger partial charge on any atom is -0.399 e. The van der Waals surface area contributed by atoms with Crippen LogP contribution in [0.3, 0.4) is 0 Å². The molecule has 0 aromatic heterocycles. The van der Waals surface area contributed by atoms with Gasteiger partial charge in [-0.3, -0.25) is 9.59 Å². The van der Waals surface area contributed by atoms with Gasteiger partial charge in [0.2, 0.25) is 11.8 Å². The van der Waals surface area contributed by atoms with Gasteiger partial charge < -0.3 is 17.2 Å². The molecule has 0 fully saturated rings. The Balaban J connectivity index is 0.000000218.